The molecule has 3 rings (SSSR count). The van der Waals surface area contributed by atoms with Crippen molar-refractivity contribution in [1.82, 2.24) is 4.31 Å². The summed E-state index contributed by atoms with van der Waals surface area (Å²) in [5, 5.41) is 9.30. The van der Waals surface area contributed by atoms with Gasteiger partial charge in [-0.25, -0.2) is 8.42 Å². The average molecular weight is 398 g/mol. The van der Waals surface area contributed by atoms with Crippen molar-refractivity contribution < 1.29 is 31.5 Å². The maximum Gasteiger partial charge on any atom is 0.417 e. The number of benzene rings is 1. The first-order valence-corrected chi connectivity index (χ1v) is 9.40. The van der Waals surface area contributed by atoms with Gasteiger partial charge in [0.25, 0.3) is 0 Å². The van der Waals surface area contributed by atoms with Crippen LogP contribution < -0.4 is 0 Å². The van der Waals surface area contributed by atoms with Gasteiger partial charge in [-0.15, -0.1) is 0 Å². The van der Waals surface area contributed by atoms with E-state index in [1.165, 1.54) is 0 Å². The van der Waals surface area contributed by atoms with Crippen LogP contribution in [0.5, 0.6) is 0 Å². The van der Waals surface area contributed by atoms with Gasteiger partial charge in [0.15, 0.2) is 0 Å². The van der Waals surface area contributed by atoms with Crippen molar-refractivity contribution >= 4 is 27.6 Å². The zero-order valence-corrected chi connectivity index (χ0v) is 14.5. The van der Waals surface area contributed by atoms with Crippen LogP contribution in [0.15, 0.2) is 23.1 Å². The zero-order valence-electron chi connectivity index (χ0n) is 12.9. The number of halogens is 4. The molecule has 1 saturated carbocycles. The van der Waals surface area contributed by atoms with Crippen LogP contribution in [0.4, 0.5) is 13.2 Å². The summed E-state index contributed by atoms with van der Waals surface area (Å²) < 4.78 is 66.2. The number of hydrogen-bond donors (Lipinski definition) is 1. The van der Waals surface area contributed by atoms with Gasteiger partial charge in [0.05, 0.1) is 15.9 Å². The molecule has 1 saturated heterocycles. The first-order valence-electron chi connectivity index (χ1n) is 7.59. The molecule has 0 spiro atoms. The summed E-state index contributed by atoms with van der Waals surface area (Å²) in [6.45, 7) is -0.399. The van der Waals surface area contributed by atoms with E-state index in [1.807, 2.05) is 0 Å². The molecular weight excluding hydrogens is 383 g/mol. The highest BCUT2D eigenvalue weighted by Crippen LogP contribution is 2.50. The number of nitrogens with zero attached hydrogens (tertiary/aromatic N) is 1. The van der Waals surface area contributed by atoms with Crippen molar-refractivity contribution in [1.29, 1.82) is 0 Å². The van der Waals surface area contributed by atoms with Gasteiger partial charge in [0.1, 0.15) is 0 Å². The first kappa shape index (κ1) is 18.5. The highest BCUT2D eigenvalue weighted by molar-refractivity contribution is 7.89. The Balaban J connectivity index is 2.04. The van der Waals surface area contributed by atoms with Gasteiger partial charge in [-0.3, -0.25) is 4.79 Å². The Labute approximate surface area is 147 Å². The largest absolute Gasteiger partial charge is 0.481 e. The molecule has 1 aromatic rings. The summed E-state index contributed by atoms with van der Waals surface area (Å²) in [5.41, 5.74) is -2.56. The highest BCUT2D eigenvalue weighted by atomic mass is 35.5. The average Bonchev–Trinajstić information content (AvgIpc) is 3.04. The Hall–Kier alpha value is -1.32. The van der Waals surface area contributed by atoms with Crippen molar-refractivity contribution in [2.24, 2.45) is 11.3 Å². The quantitative estimate of drug-likeness (QED) is 0.849. The Bertz CT molecular complexity index is 827. The number of hydrogen-bond acceptors (Lipinski definition) is 3. The number of rotatable bonds is 3. The number of alkyl halides is 3. The molecule has 2 fully saturated rings. The summed E-state index contributed by atoms with van der Waals surface area (Å²) in [7, 11) is -4.49. The maximum atomic E-state index is 13.2. The topological polar surface area (TPSA) is 74.7 Å². The van der Waals surface area contributed by atoms with Crippen LogP contribution in [0, 0.1) is 11.3 Å². The van der Waals surface area contributed by atoms with E-state index in [0.717, 1.165) is 16.4 Å². The second kappa shape index (κ2) is 5.85. The lowest BCUT2D eigenvalue weighted by Gasteiger charge is -2.24. The minimum atomic E-state index is -4.90. The Morgan fingerprint density at radius 2 is 2.04 bits per heavy atom. The van der Waals surface area contributed by atoms with Crippen LogP contribution >= 0.6 is 11.6 Å². The summed E-state index contributed by atoms with van der Waals surface area (Å²) >= 11 is 5.59. The van der Waals surface area contributed by atoms with E-state index in [0.29, 0.717) is 25.3 Å². The van der Waals surface area contributed by atoms with E-state index in [2.05, 4.69) is 0 Å². The summed E-state index contributed by atoms with van der Waals surface area (Å²) in [6, 6.07) is 2.47. The fraction of sp³-hybridized carbons (Fsp3) is 0.533. The van der Waals surface area contributed by atoms with Gasteiger partial charge in [-0.05, 0) is 37.0 Å². The lowest BCUT2D eigenvalue weighted by Crippen LogP contribution is -2.37. The predicted octanol–water partition coefficient (Wildman–Crippen LogP) is 3.23. The number of sulfonamides is 1. The van der Waals surface area contributed by atoms with Crippen molar-refractivity contribution in [2.45, 2.75) is 30.3 Å². The van der Waals surface area contributed by atoms with Crippen LogP contribution in [0.3, 0.4) is 0 Å². The summed E-state index contributed by atoms with van der Waals surface area (Å²) in [4.78, 5) is 10.8. The first-order chi connectivity index (χ1) is 11.5. The van der Waals surface area contributed by atoms with E-state index >= 15 is 0 Å². The SMILES string of the molecule is O=C(O)[C@@]12CCC[C@H]1CN(S(=O)(=O)c1ccc(Cl)cc1C(F)(F)F)C2. The number of aliphatic carboxylic acids is 1. The molecule has 5 nitrogen and oxygen atoms in total. The van der Waals surface area contributed by atoms with Crippen LogP contribution in [0.1, 0.15) is 24.8 Å². The van der Waals surface area contributed by atoms with Crippen LogP contribution in [0.25, 0.3) is 0 Å². The number of carbonyl (C=O) groups is 1. The molecular formula is C15H15ClF3NO4S. The molecule has 0 amide bonds. The third kappa shape index (κ3) is 2.92. The van der Waals surface area contributed by atoms with Crippen molar-refractivity contribution in [3.8, 4) is 0 Å². The molecule has 1 heterocycles. The van der Waals surface area contributed by atoms with E-state index in [4.69, 9.17) is 11.6 Å². The summed E-state index contributed by atoms with van der Waals surface area (Å²) in [5.74, 6) is -1.48. The standard InChI is InChI=1S/C15H15ClF3NO4S/c16-10-3-4-12(11(6-10)15(17,18)19)25(23,24)20-7-9-2-1-5-14(9,8-20)13(21)22/h3-4,6,9H,1-2,5,7-8H2,(H,21,22)/t9-,14+/m0/s1. The number of carboxylic acids is 1. The molecule has 1 aliphatic heterocycles. The lowest BCUT2D eigenvalue weighted by molar-refractivity contribution is -0.149. The number of fused-ring (bicyclic) bond motifs is 1. The molecule has 0 bridgehead atoms. The molecule has 1 aliphatic carbocycles. The molecule has 25 heavy (non-hydrogen) atoms. The smallest absolute Gasteiger partial charge is 0.417 e. The number of carboxylic acid groups (broad SMARTS) is 1. The van der Waals surface area contributed by atoms with Gasteiger partial charge in [-0.1, -0.05) is 18.0 Å². The molecule has 138 valence electrons. The second-order valence-corrected chi connectivity index (χ2v) is 8.83. The molecule has 10 heteroatoms. The van der Waals surface area contributed by atoms with Gasteiger partial charge >= 0.3 is 12.1 Å². The molecule has 0 unspecified atom stereocenters. The predicted molar refractivity (Wildman–Crippen MR) is 82.6 cm³/mol. The monoisotopic (exact) mass is 397 g/mol. The van der Waals surface area contributed by atoms with Gasteiger partial charge in [0, 0.05) is 18.1 Å². The Morgan fingerprint density at radius 3 is 2.60 bits per heavy atom. The fourth-order valence-corrected chi connectivity index (χ4v) is 5.78. The summed E-state index contributed by atoms with van der Waals surface area (Å²) in [6.07, 6.45) is -3.36. The van der Waals surface area contributed by atoms with Crippen LogP contribution in [-0.4, -0.2) is 36.9 Å². The van der Waals surface area contributed by atoms with Gasteiger partial charge in [0.2, 0.25) is 10.0 Å². The highest BCUT2D eigenvalue weighted by Gasteiger charge is 2.57. The van der Waals surface area contributed by atoms with Gasteiger partial charge < -0.3 is 5.11 Å². The molecule has 1 aromatic carbocycles. The molecule has 0 aromatic heterocycles. The van der Waals surface area contributed by atoms with Gasteiger partial charge in [-0.2, -0.15) is 17.5 Å². The molecule has 2 atom stereocenters. The van der Waals surface area contributed by atoms with E-state index in [1.54, 1.807) is 0 Å². The lowest BCUT2D eigenvalue weighted by atomic mass is 9.81. The maximum absolute atomic E-state index is 13.2. The van der Waals surface area contributed by atoms with E-state index in [9.17, 15) is 31.5 Å². The zero-order chi connectivity index (χ0) is 18.6. The minimum Gasteiger partial charge on any atom is -0.481 e. The Kier molecular flexibility index (Phi) is 4.32. The van der Waals surface area contributed by atoms with Crippen LogP contribution in [0.2, 0.25) is 5.02 Å². The third-order valence-corrected chi connectivity index (χ3v) is 7.24. The fourth-order valence-electron chi connectivity index (χ4n) is 3.86. The molecule has 2 aliphatic rings. The van der Waals surface area contributed by atoms with Crippen LogP contribution in [-0.2, 0) is 21.0 Å². The molecule has 0 radical (unpaired) electrons. The Morgan fingerprint density at radius 1 is 1.36 bits per heavy atom. The second-order valence-electron chi connectivity index (χ2n) is 6.49. The minimum absolute atomic E-state index is 0.0887. The van der Waals surface area contributed by atoms with Crippen molar-refractivity contribution in [3.05, 3.63) is 28.8 Å². The van der Waals surface area contributed by atoms with E-state index in [-0.39, 0.29) is 24.0 Å². The van der Waals surface area contributed by atoms with E-state index < -0.39 is 38.0 Å². The normalized spacial score (nSPS) is 27.4. The third-order valence-electron chi connectivity index (χ3n) is 5.13. The van der Waals surface area contributed by atoms with Crippen molar-refractivity contribution in [2.75, 3.05) is 13.1 Å². The van der Waals surface area contributed by atoms with Crippen molar-refractivity contribution in [3.63, 3.8) is 0 Å². The molecule has 1 N–H and O–H groups in total.